The minimum atomic E-state index is -0.819. The van der Waals surface area contributed by atoms with Crippen molar-refractivity contribution in [1.82, 2.24) is 4.90 Å². The number of methoxy groups -OCH3 is 1. The Morgan fingerprint density at radius 1 is 1.38 bits per heavy atom. The van der Waals surface area contributed by atoms with Crippen LogP contribution in [0.5, 0.6) is 0 Å². The van der Waals surface area contributed by atoms with Gasteiger partial charge in [0.2, 0.25) is 5.88 Å². The molecule has 4 nitrogen and oxygen atoms in total. The summed E-state index contributed by atoms with van der Waals surface area (Å²) in [6, 6.07) is 3.43. The molecule has 0 saturated heterocycles. The molecule has 0 bridgehead atoms. The van der Waals surface area contributed by atoms with Crippen LogP contribution in [0, 0.1) is 11.6 Å². The van der Waals surface area contributed by atoms with Gasteiger partial charge in [0.25, 0.3) is 5.91 Å². The molecule has 0 saturated carbocycles. The van der Waals surface area contributed by atoms with Crippen LogP contribution < -0.4 is 4.90 Å². The summed E-state index contributed by atoms with van der Waals surface area (Å²) in [5.74, 6) is -2.00. The van der Waals surface area contributed by atoms with Gasteiger partial charge in [0.05, 0.1) is 7.11 Å². The normalized spacial score (nSPS) is 19.1. The fourth-order valence-corrected chi connectivity index (χ4v) is 2.77. The first kappa shape index (κ1) is 15.5. The molecule has 1 aromatic carbocycles. The van der Waals surface area contributed by atoms with Crippen molar-refractivity contribution < 1.29 is 18.3 Å². The van der Waals surface area contributed by atoms with E-state index in [9.17, 15) is 13.6 Å². The lowest BCUT2D eigenvalue weighted by atomic mass is 10.2. The monoisotopic (exact) mass is 358 g/mol. The molecule has 1 atom stereocenters. The summed E-state index contributed by atoms with van der Waals surface area (Å²) in [4.78, 5) is 14.9. The van der Waals surface area contributed by atoms with Gasteiger partial charge in [0, 0.05) is 6.20 Å². The zero-order valence-electron chi connectivity index (χ0n) is 11.4. The zero-order valence-corrected chi connectivity index (χ0v) is 13.0. The number of benzene rings is 1. The number of carbonyl (C=O) groups is 1. The van der Waals surface area contributed by atoms with E-state index in [0.29, 0.717) is 0 Å². The zero-order chi connectivity index (χ0) is 15.7. The summed E-state index contributed by atoms with van der Waals surface area (Å²) in [6.45, 7) is 5.25. The average Bonchev–Trinajstić information content (AvgIpc) is 2.45. The number of anilines is 1. The molecule has 0 fully saturated rings. The van der Waals surface area contributed by atoms with E-state index in [0.717, 1.165) is 17.0 Å². The number of rotatable bonds is 3. The van der Waals surface area contributed by atoms with E-state index in [1.807, 2.05) is 0 Å². The first-order valence-corrected chi connectivity index (χ1v) is 6.85. The smallest absolute Gasteiger partial charge is 0.272 e. The molecule has 0 N–H and O–H groups in total. The molecule has 2 rings (SSSR count). The van der Waals surface area contributed by atoms with Crippen molar-refractivity contribution in [2.24, 2.45) is 0 Å². The molecule has 112 valence electrons. The summed E-state index contributed by atoms with van der Waals surface area (Å²) in [7, 11) is 1.40. The van der Waals surface area contributed by atoms with Crippen LogP contribution in [0.1, 0.15) is 6.92 Å². The molecule has 1 aliphatic heterocycles. The van der Waals surface area contributed by atoms with Gasteiger partial charge in [-0.25, -0.2) is 8.78 Å². The van der Waals surface area contributed by atoms with Gasteiger partial charge in [0.15, 0.2) is 0 Å². The fraction of sp³-hybridized carbons (Fsp3) is 0.214. The van der Waals surface area contributed by atoms with Gasteiger partial charge in [-0.1, -0.05) is 12.6 Å². The molecule has 1 aliphatic rings. The largest absolute Gasteiger partial charge is 0.481 e. The maximum atomic E-state index is 14.0. The second kappa shape index (κ2) is 5.85. The van der Waals surface area contributed by atoms with Crippen LogP contribution in [0.4, 0.5) is 14.5 Å². The molecular formula is C14H13BrF2N2O2. The van der Waals surface area contributed by atoms with E-state index in [-0.39, 0.29) is 10.4 Å². The van der Waals surface area contributed by atoms with Crippen molar-refractivity contribution in [2.45, 2.75) is 13.1 Å². The van der Waals surface area contributed by atoms with Gasteiger partial charge < -0.3 is 4.74 Å². The topological polar surface area (TPSA) is 32.8 Å². The van der Waals surface area contributed by atoms with Crippen molar-refractivity contribution in [3.63, 3.8) is 0 Å². The number of halogens is 3. The number of nitrogens with zero attached hydrogens (tertiary/aromatic N) is 2. The minimum absolute atomic E-state index is 0.0608. The predicted octanol–water partition coefficient (Wildman–Crippen LogP) is 3.31. The fourth-order valence-electron chi connectivity index (χ4n) is 2.21. The number of hydrogen-bond donors (Lipinski definition) is 0. The third kappa shape index (κ3) is 2.42. The highest BCUT2D eigenvalue weighted by Gasteiger charge is 2.39. The van der Waals surface area contributed by atoms with Crippen LogP contribution in [0.25, 0.3) is 0 Å². The molecule has 0 aliphatic carbocycles. The lowest BCUT2D eigenvalue weighted by Crippen LogP contribution is -2.52. The van der Waals surface area contributed by atoms with E-state index in [1.54, 1.807) is 6.92 Å². The third-order valence-corrected chi connectivity index (χ3v) is 3.85. The van der Waals surface area contributed by atoms with Crippen molar-refractivity contribution in [1.29, 1.82) is 0 Å². The lowest BCUT2D eigenvalue weighted by molar-refractivity contribution is -0.116. The molecule has 21 heavy (non-hydrogen) atoms. The minimum Gasteiger partial charge on any atom is -0.481 e. The van der Waals surface area contributed by atoms with Crippen LogP contribution in [0.3, 0.4) is 0 Å². The van der Waals surface area contributed by atoms with Crippen LogP contribution in [-0.4, -0.2) is 24.1 Å². The highest BCUT2D eigenvalue weighted by atomic mass is 79.9. The van der Waals surface area contributed by atoms with Gasteiger partial charge >= 0.3 is 0 Å². The third-order valence-electron chi connectivity index (χ3n) is 3.17. The van der Waals surface area contributed by atoms with Crippen molar-refractivity contribution in [2.75, 3.05) is 12.0 Å². The molecule has 7 heteroatoms. The van der Waals surface area contributed by atoms with Crippen molar-refractivity contribution >= 4 is 27.5 Å². The molecule has 1 amide bonds. The standard InChI is InChI=1S/C14H13BrF2N2O2/c1-4-18-8(2)19(13(20)11(15)14(18)21-3)12-9(16)6-5-7-10(12)17/h4-8H,1H2,2-3H3. The van der Waals surface area contributed by atoms with E-state index in [4.69, 9.17) is 4.74 Å². The summed E-state index contributed by atoms with van der Waals surface area (Å²) >= 11 is 3.10. The van der Waals surface area contributed by atoms with Crippen molar-refractivity contribution in [3.8, 4) is 0 Å². The van der Waals surface area contributed by atoms with Crippen LogP contribution in [0.15, 0.2) is 41.3 Å². The molecule has 0 spiro atoms. The number of amides is 1. The van der Waals surface area contributed by atoms with E-state index in [1.165, 1.54) is 24.3 Å². The van der Waals surface area contributed by atoms with Gasteiger partial charge in [-0.15, -0.1) is 0 Å². The van der Waals surface area contributed by atoms with Crippen LogP contribution in [0.2, 0.25) is 0 Å². The highest BCUT2D eigenvalue weighted by molar-refractivity contribution is 9.12. The average molecular weight is 359 g/mol. The summed E-state index contributed by atoms with van der Waals surface area (Å²) in [6.07, 6.45) is 0.723. The number of ether oxygens (including phenoxy) is 1. The van der Waals surface area contributed by atoms with Crippen LogP contribution in [-0.2, 0) is 9.53 Å². The molecular weight excluding hydrogens is 346 g/mol. The maximum absolute atomic E-state index is 14.0. The number of hydrogen-bond acceptors (Lipinski definition) is 3. The maximum Gasteiger partial charge on any atom is 0.272 e. The van der Waals surface area contributed by atoms with E-state index in [2.05, 4.69) is 22.5 Å². The summed E-state index contributed by atoms with van der Waals surface area (Å²) in [5.41, 5.74) is -0.408. The lowest BCUT2D eigenvalue weighted by Gasteiger charge is -2.41. The molecule has 1 heterocycles. The summed E-state index contributed by atoms with van der Waals surface area (Å²) < 4.78 is 33.2. The molecule has 1 aromatic rings. The van der Waals surface area contributed by atoms with Crippen LogP contribution >= 0.6 is 15.9 Å². The number of carbonyl (C=O) groups excluding carboxylic acids is 1. The second-order valence-electron chi connectivity index (χ2n) is 4.29. The Kier molecular flexibility index (Phi) is 4.32. The Balaban J connectivity index is 2.63. The SMILES string of the molecule is C=CN1C(OC)=C(Br)C(=O)N(c2c(F)cccc2F)C1C. The van der Waals surface area contributed by atoms with Gasteiger partial charge in [-0.05, 0) is 35.0 Å². The Morgan fingerprint density at radius 3 is 2.43 bits per heavy atom. The van der Waals surface area contributed by atoms with E-state index < -0.39 is 29.4 Å². The van der Waals surface area contributed by atoms with Gasteiger partial charge in [-0.2, -0.15) is 0 Å². The molecule has 0 radical (unpaired) electrons. The van der Waals surface area contributed by atoms with E-state index >= 15 is 0 Å². The number of para-hydroxylation sites is 1. The first-order chi connectivity index (χ1) is 9.93. The Hall–Kier alpha value is -1.89. The Bertz CT molecular complexity index is 613. The summed E-state index contributed by atoms with van der Waals surface area (Å²) in [5, 5.41) is 0. The Morgan fingerprint density at radius 2 is 1.95 bits per heavy atom. The first-order valence-electron chi connectivity index (χ1n) is 6.06. The molecule has 0 aromatic heterocycles. The predicted molar refractivity (Wildman–Crippen MR) is 78.3 cm³/mol. The second-order valence-corrected chi connectivity index (χ2v) is 5.08. The molecule has 1 unspecified atom stereocenters. The Labute approximate surface area is 129 Å². The highest BCUT2D eigenvalue weighted by Crippen LogP contribution is 2.35. The van der Waals surface area contributed by atoms with Gasteiger partial charge in [0.1, 0.15) is 28.0 Å². The van der Waals surface area contributed by atoms with Crippen molar-refractivity contribution in [3.05, 3.63) is 53.0 Å². The van der Waals surface area contributed by atoms with Gasteiger partial charge in [-0.3, -0.25) is 14.6 Å². The quantitative estimate of drug-likeness (QED) is 0.830.